The van der Waals surface area contributed by atoms with Gasteiger partial charge < -0.3 is 5.73 Å². The quantitative estimate of drug-likeness (QED) is 0.760. The summed E-state index contributed by atoms with van der Waals surface area (Å²) in [5.41, 5.74) is 5.48. The number of hydrogen-bond donors (Lipinski definition) is 1. The van der Waals surface area contributed by atoms with Crippen LogP contribution in [0.2, 0.25) is 0 Å². The van der Waals surface area contributed by atoms with Crippen LogP contribution in [-0.4, -0.2) is 9.97 Å². The van der Waals surface area contributed by atoms with Crippen molar-refractivity contribution in [3.05, 3.63) is 42.6 Å². The molecule has 0 radical (unpaired) electrons. The van der Waals surface area contributed by atoms with Gasteiger partial charge in [0, 0.05) is 11.1 Å². The highest BCUT2D eigenvalue weighted by Gasteiger charge is 1.98. The van der Waals surface area contributed by atoms with Gasteiger partial charge in [-0.1, -0.05) is 30.0 Å². The second-order valence-electron chi connectivity index (χ2n) is 2.67. The lowest BCUT2D eigenvalue weighted by molar-refractivity contribution is 1.06. The number of nitrogens with two attached hydrogens (primary N) is 1. The van der Waals surface area contributed by atoms with Crippen LogP contribution in [0.4, 0.5) is 5.95 Å². The second kappa shape index (κ2) is 4.11. The molecular weight excluding hydrogens is 194 g/mol. The minimum Gasteiger partial charge on any atom is -0.368 e. The molecule has 0 unspecified atom stereocenters. The Morgan fingerprint density at radius 3 is 2.57 bits per heavy atom. The van der Waals surface area contributed by atoms with Crippen LogP contribution in [0.25, 0.3) is 0 Å². The van der Waals surface area contributed by atoms with Crippen LogP contribution in [0.3, 0.4) is 0 Å². The third-order valence-corrected chi connectivity index (χ3v) is 2.56. The summed E-state index contributed by atoms with van der Waals surface area (Å²) in [4.78, 5) is 9.08. The zero-order valence-electron chi connectivity index (χ0n) is 7.42. The Balaban J connectivity index is 2.19. The van der Waals surface area contributed by atoms with Crippen molar-refractivity contribution < 1.29 is 0 Å². The van der Waals surface area contributed by atoms with Crippen molar-refractivity contribution in [2.24, 2.45) is 0 Å². The Bertz CT molecular complexity index is 417. The Labute approximate surface area is 86.4 Å². The first-order chi connectivity index (χ1) is 6.84. The van der Waals surface area contributed by atoms with Gasteiger partial charge in [0.25, 0.3) is 0 Å². The van der Waals surface area contributed by atoms with Gasteiger partial charge in [0.2, 0.25) is 5.95 Å². The maximum absolute atomic E-state index is 5.48. The van der Waals surface area contributed by atoms with Gasteiger partial charge in [-0.3, -0.25) is 0 Å². The van der Waals surface area contributed by atoms with Gasteiger partial charge in [0.15, 0.2) is 0 Å². The summed E-state index contributed by atoms with van der Waals surface area (Å²) in [5, 5.41) is 0.865. The fourth-order valence-electron chi connectivity index (χ4n) is 1.02. The molecule has 0 aliphatic carbocycles. The Hall–Kier alpha value is -1.55. The van der Waals surface area contributed by atoms with Crippen molar-refractivity contribution in [2.75, 3.05) is 5.73 Å². The van der Waals surface area contributed by atoms with E-state index < -0.39 is 0 Å². The molecule has 0 spiro atoms. The third kappa shape index (κ3) is 2.23. The van der Waals surface area contributed by atoms with E-state index in [-0.39, 0.29) is 0 Å². The molecule has 0 bridgehead atoms. The summed E-state index contributed by atoms with van der Waals surface area (Å²) in [6, 6.07) is 11.9. The molecule has 0 atom stereocenters. The monoisotopic (exact) mass is 203 g/mol. The average molecular weight is 203 g/mol. The van der Waals surface area contributed by atoms with E-state index >= 15 is 0 Å². The molecule has 1 aromatic heterocycles. The molecule has 0 saturated carbocycles. The van der Waals surface area contributed by atoms with Crippen LogP contribution in [0, 0.1) is 0 Å². The minimum absolute atomic E-state index is 0.311. The molecule has 0 fully saturated rings. The SMILES string of the molecule is Nc1nccc(Sc2ccccc2)n1. The van der Waals surface area contributed by atoms with Gasteiger partial charge in [0.1, 0.15) is 5.03 Å². The molecule has 1 heterocycles. The van der Waals surface area contributed by atoms with Crippen LogP contribution >= 0.6 is 11.8 Å². The smallest absolute Gasteiger partial charge is 0.221 e. The highest BCUT2D eigenvalue weighted by Crippen LogP contribution is 2.25. The molecule has 2 aromatic rings. The Morgan fingerprint density at radius 1 is 1.07 bits per heavy atom. The van der Waals surface area contributed by atoms with Crippen LogP contribution in [0.1, 0.15) is 0 Å². The lowest BCUT2D eigenvalue weighted by Gasteiger charge is -1.99. The van der Waals surface area contributed by atoms with Crippen molar-refractivity contribution >= 4 is 17.7 Å². The number of nitrogen functional groups attached to an aromatic ring is 1. The lowest BCUT2D eigenvalue weighted by Crippen LogP contribution is -1.93. The van der Waals surface area contributed by atoms with Gasteiger partial charge in [0.05, 0.1) is 0 Å². The molecule has 4 heteroatoms. The highest BCUT2D eigenvalue weighted by molar-refractivity contribution is 7.99. The number of benzene rings is 1. The van der Waals surface area contributed by atoms with E-state index in [1.807, 2.05) is 36.4 Å². The first-order valence-electron chi connectivity index (χ1n) is 4.16. The molecule has 2 N–H and O–H groups in total. The van der Waals surface area contributed by atoms with Crippen LogP contribution in [0.15, 0.2) is 52.5 Å². The zero-order valence-corrected chi connectivity index (χ0v) is 8.24. The molecular formula is C10H9N3S. The van der Waals surface area contributed by atoms with Gasteiger partial charge in [-0.25, -0.2) is 9.97 Å². The fraction of sp³-hybridized carbons (Fsp3) is 0. The normalized spacial score (nSPS) is 10.0. The van der Waals surface area contributed by atoms with E-state index in [2.05, 4.69) is 9.97 Å². The molecule has 70 valence electrons. The number of aromatic nitrogens is 2. The summed E-state index contributed by atoms with van der Waals surface area (Å²) >= 11 is 1.57. The molecule has 14 heavy (non-hydrogen) atoms. The van der Waals surface area contributed by atoms with Gasteiger partial charge in [-0.15, -0.1) is 0 Å². The molecule has 3 nitrogen and oxygen atoms in total. The maximum atomic E-state index is 5.48. The van der Waals surface area contributed by atoms with Gasteiger partial charge in [-0.2, -0.15) is 0 Å². The van der Waals surface area contributed by atoms with Crippen molar-refractivity contribution in [1.29, 1.82) is 0 Å². The topological polar surface area (TPSA) is 51.8 Å². The number of anilines is 1. The molecule has 2 rings (SSSR count). The van der Waals surface area contributed by atoms with Crippen molar-refractivity contribution in [2.45, 2.75) is 9.92 Å². The van der Waals surface area contributed by atoms with E-state index in [1.165, 1.54) is 0 Å². The van der Waals surface area contributed by atoms with E-state index in [9.17, 15) is 0 Å². The number of nitrogens with zero attached hydrogens (tertiary/aromatic N) is 2. The predicted molar refractivity (Wildman–Crippen MR) is 57.0 cm³/mol. The number of hydrogen-bond acceptors (Lipinski definition) is 4. The molecule has 1 aromatic carbocycles. The maximum Gasteiger partial charge on any atom is 0.221 e. The first-order valence-corrected chi connectivity index (χ1v) is 4.98. The zero-order chi connectivity index (χ0) is 9.80. The molecule has 0 aliphatic rings. The summed E-state index contributed by atoms with van der Waals surface area (Å²) in [6.07, 6.45) is 1.66. The standard InChI is InChI=1S/C10H9N3S/c11-10-12-7-6-9(13-10)14-8-4-2-1-3-5-8/h1-7H,(H2,11,12,13). The highest BCUT2D eigenvalue weighted by atomic mass is 32.2. The lowest BCUT2D eigenvalue weighted by atomic mass is 10.4. The van der Waals surface area contributed by atoms with E-state index in [4.69, 9.17) is 5.73 Å². The van der Waals surface area contributed by atoms with Gasteiger partial charge >= 0.3 is 0 Å². The summed E-state index contributed by atoms with van der Waals surface area (Å²) < 4.78 is 0. The summed E-state index contributed by atoms with van der Waals surface area (Å²) in [7, 11) is 0. The Kier molecular flexibility index (Phi) is 2.65. The second-order valence-corrected chi connectivity index (χ2v) is 3.76. The van der Waals surface area contributed by atoms with Crippen LogP contribution in [0.5, 0.6) is 0 Å². The van der Waals surface area contributed by atoms with E-state index in [0.29, 0.717) is 5.95 Å². The van der Waals surface area contributed by atoms with Crippen molar-refractivity contribution in [1.82, 2.24) is 9.97 Å². The predicted octanol–water partition coefficient (Wildman–Crippen LogP) is 2.21. The fourth-order valence-corrected chi connectivity index (χ4v) is 1.83. The van der Waals surface area contributed by atoms with Crippen LogP contribution in [-0.2, 0) is 0 Å². The molecule has 0 amide bonds. The minimum atomic E-state index is 0.311. The first kappa shape index (κ1) is 9.02. The average Bonchev–Trinajstić information content (AvgIpc) is 2.19. The Morgan fingerprint density at radius 2 is 1.86 bits per heavy atom. The molecule has 0 aliphatic heterocycles. The number of rotatable bonds is 2. The largest absolute Gasteiger partial charge is 0.368 e. The third-order valence-electron chi connectivity index (χ3n) is 1.61. The summed E-state index contributed by atoms with van der Waals surface area (Å²) in [6.45, 7) is 0. The summed E-state index contributed by atoms with van der Waals surface area (Å²) in [5.74, 6) is 0.311. The van der Waals surface area contributed by atoms with E-state index in [1.54, 1.807) is 18.0 Å². The van der Waals surface area contributed by atoms with E-state index in [0.717, 1.165) is 9.92 Å². The van der Waals surface area contributed by atoms with Gasteiger partial charge in [-0.05, 0) is 18.2 Å². The molecule has 0 saturated heterocycles. The van der Waals surface area contributed by atoms with Crippen LogP contribution < -0.4 is 5.73 Å². The van der Waals surface area contributed by atoms with Crippen molar-refractivity contribution in [3.8, 4) is 0 Å². The van der Waals surface area contributed by atoms with Crippen molar-refractivity contribution in [3.63, 3.8) is 0 Å².